The van der Waals surface area contributed by atoms with Crippen LogP contribution in [0.25, 0.3) is 0 Å². The van der Waals surface area contributed by atoms with Crippen LogP contribution in [0.15, 0.2) is 0 Å². The number of aliphatic hydroxyl groups is 1. The van der Waals surface area contributed by atoms with E-state index in [4.69, 9.17) is 23.7 Å². The maximum absolute atomic E-state index is 12.5. The van der Waals surface area contributed by atoms with Crippen molar-refractivity contribution in [1.29, 1.82) is 0 Å². The molecule has 47 heavy (non-hydrogen) atoms. The van der Waals surface area contributed by atoms with Crippen molar-refractivity contribution in [2.24, 2.45) is 56.7 Å². The first-order valence-electron chi connectivity index (χ1n) is 19.5. The van der Waals surface area contributed by atoms with Crippen LogP contribution in [0.5, 0.6) is 0 Å². The topological polar surface area (TPSA) is 86.7 Å². The molecule has 3 saturated heterocycles. The first kappa shape index (κ1) is 32.2. The maximum Gasteiger partial charge on any atom is 0.309 e. The third-order valence-corrected chi connectivity index (χ3v) is 17.2. The lowest BCUT2D eigenvalue weighted by Gasteiger charge is -2.64. The van der Waals surface area contributed by atoms with Crippen LogP contribution in [0.3, 0.4) is 0 Å². The highest BCUT2D eigenvalue weighted by atomic mass is 16.7. The third-order valence-electron chi connectivity index (χ3n) is 17.2. The summed E-state index contributed by atoms with van der Waals surface area (Å²) in [6.45, 7) is 16.9. The zero-order valence-corrected chi connectivity index (χ0v) is 29.7. The van der Waals surface area contributed by atoms with E-state index in [2.05, 4.69) is 39.5 Å². The summed E-state index contributed by atoms with van der Waals surface area (Å²) in [6, 6.07) is 0.524. The number of fused-ring (bicyclic) bond motifs is 4. The average Bonchev–Trinajstić information content (AvgIpc) is 3.61. The van der Waals surface area contributed by atoms with E-state index in [-0.39, 0.29) is 52.7 Å². The Hall–Kier alpha value is -0.770. The third kappa shape index (κ3) is 4.30. The summed E-state index contributed by atoms with van der Waals surface area (Å²) in [5.74, 6) is 1.97. The van der Waals surface area contributed by atoms with Gasteiger partial charge in [0.15, 0.2) is 6.29 Å². The van der Waals surface area contributed by atoms with Crippen molar-refractivity contribution in [3.05, 3.63) is 0 Å². The summed E-state index contributed by atoms with van der Waals surface area (Å²) in [5, 5.41) is 12.5. The molecule has 9 rings (SSSR count). The Balaban J connectivity index is 0.918. The minimum absolute atomic E-state index is 0.0438. The van der Waals surface area contributed by atoms with Crippen molar-refractivity contribution in [3.8, 4) is 0 Å². The number of morpholine rings is 1. The molecule has 0 amide bonds. The molecule has 9 aliphatic rings. The van der Waals surface area contributed by atoms with Gasteiger partial charge in [-0.05, 0) is 110 Å². The highest BCUT2D eigenvalue weighted by Crippen LogP contribution is 2.89. The molecule has 3 heterocycles. The number of hydrogen-bond acceptors (Lipinski definition) is 8. The van der Waals surface area contributed by atoms with Crippen molar-refractivity contribution in [2.75, 3.05) is 39.5 Å². The molecule has 9 fully saturated rings. The number of nitrogens with zero attached hydrogens (tertiary/aromatic N) is 1. The number of carbonyl (C=O) groups excluding carboxylic acids is 1. The minimum atomic E-state index is -0.485. The first-order valence-corrected chi connectivity index (χ1v) is 19.5. The van der Waals surface area contributed by atoms with Gasteiger partial charge in [-0.25, -0.2) is 0 Å². The zero-order chi connectivity index (χ0) is 32.6. The second kappa shape index (κ2) is 10.9. The number of carbonyl (C=O) groups is 1. The number of rotatable bonds is 6. The van der Waals surface area contributed by atoms with Crippen molar-refractivity contribution in [1.82, 2.24) is 4.90 Å². The molecule has 0 aromatic carbocycles. The number of ether oxygens (including phenoxy) is 5. The molecule has 6 saturated carbocycles. The second-order valence-electron chi connectivity index (χ2n) is 19.0. The average molecular weight is 656 g/mol. The van der Waals surface area contributed by atoms with Gasteiger partial charge in [-0.1, -0.05) is 41.0 Å². The van der Waals surface area contributed by atoms with E-state index in [0.717, 1.165) is 65.0 Å². The molecule has 1 N–H and O–H groups in total. The summed E-state index contributed by atoms with van der Waals surface area (Å²) < 4.78 is 31.2. The van der Waals surface area contributed by atoms with E-state index in [1.807, 2.05) is 0 Å². The van der Waals surface area contributed by atoms with Gasteiger partial charge in [0.05, 0.1) is 62.7 Å². The fourth-order valence-electron chi connectivity index (χ4n) is 14.3. The summed E-state index contributed by atoms with van der Waals surface area (Å²) in [4.78, 5) is 15.0. The van der Waals surface area contributed by atoms with Gasteiger partial charge in [0.25, 0.3) is 0 Å². The summed E-state index contributed by atoms with van der Waals surface area (Å²) in [5.41, 5.74) is 0.642. The normalized spacial score (nSPS) is 53.7. The van der Waals surface area contributed by atoms with Gasteiger partial charge in [0.1, 0.15) is 6.61 Å². The van der Waals surface area contributed by atoms with Crippen LogP contribution in [0.4, 0.5) is 0 Å². The van der Waals surface area contributed by atoms with E-state index in [1.165, 1.54) is 38.5 Å². The minimum Gasteiger partial charge on any atom is -0.463 e. The Bertz CT molecular complexity index is 1250. The number of aliphatic hydroxyl groups excluding tert-OH is 1. The molecule has 264 valence electrons. The Labute approximate surface area is 282 Å². The Morgan fingerprint density at radius 3 is 2.47 bits per heavy atom. The summed E-state index contributed by atoms with van der Waals surface area (Å²) in [6.07, 6.45) is 11.8. The zero-order valence-electron chi connectivity index (χ0n) is 29.7. The van der Waals surface area contributed by atoms with Gasteiger partial charge in [-0.3, -0.25) is 9.69 Å². The van der Waals surface area contributed by atoms with E-state index in [0.29, 0.717) is 47.2 Å². The van der Waals surface area contributed by atoms with Crippen LogP contribution in [0.2, 0.25) is 0 Å². The largest absolute Gasteiger partial charge is 0.463 e. The van der Waals surface area contributed by atoms with E-state index in [9.17, 15) is 9.90 Å². The summed E-state index contributed by atoms with van der Waals surface area (Å²) >= 11 is 0. The molecule has 0 aromatic rings. The van der Waals surface area contributed by atoms with Gasteiger partial charge >= 0.3 is 5.97 Å². The van der Waals surface area contributed by atoms with Gasteiger partial charge in [0, 0.05) is 12.0 Å². The molecular formula is C39H61NO7. The van der Waals surface area contributed by atoms with Crippen molar-refractivity contribution < 1.29 is 33.6 Å². The molecule has 0 radical (unpaired) electrons. The standard InChI is InChI=1S/C39H61NO7/c1-23-17-26(21-45-34(42)24-7-6-8-24)46-32-31(23)36(4)13-14-39-22-38(39)12-11-29(47-30-18-40(15-16-44-30)25-19-43-20-25)35(2,3)27(38)9-10-28(39)37(36,5)33(32)41/h23-33,41H,6-22H2,1-5H3/t23-,26?,27+,28?,29?,30?,31+,32?,33+,36?,37?,38?,39?/m1/s1. The maximum atomic E-state index is 12.5. The van der Waals surface area contributed by atoms with Crippen LogP contribution < -0.4 is 0 Å². The van der Waals surface area contributed by atoms with Gasteiger partial charge < -0.3 is 28.8 Å². The van der Waals surface area contributed by atoms with Gasteiger partial charge in [-0.2, -0.15) is 0 Å². The van der Waals surface area contributed by atoms with Crippen LogP contribution in [-0.4, -0.2) is 92.2 Å². The quantitative estimate of drug-likeness (QED) is 0.371. The predicted octanol–water partition coefficient (Wildman–Crippen LogP) is 5.59. The molecule has 0 aromatic heterocycles. The van der Waals surface area contributed by atoms with Crippen LogP contribution in [0.1, 0.15) is 105 Å². The fourth-order valence-corrected chi connectivity index (χ4v) is 14.3. The van der Waals surface area contributed by atoms with E-state index >= 15 is 0 Å². The van der Waals surface area contributed by atoms with Crippen LogP contribution >= 0.6 is 0 Å². The Kier molecular flexibility index (Phi) is 7.44. The molecule has 8 heteroatoms. The lowest BCUT2D eigenvalue weighted by molar-refractivity contribution is -0.256. The lowest BCUT2D eigenvalue weighted by Crippen LogP contribution is -2.60. The van der Waals surface area contributed by atoms with Crippen molar-refractivity contribution >= 4 is 5.97 Å². The molecule has 13 atom stereocenters. The number of hydrogen-bond donors (Lipinski definition) is 1. The van der Waals surface area contributed by atoms with Crippen LogP contribution in [0, 0.1) is 56.7 Å². The Morgan fingerprint density at radius 2 is 1.74 bits per heavy atom. The van der Waals surface area contributed by atoms with Gasteiger partial charge in [0.2, 0.25) is 0 Å². The molecule has 2 spiro atoms. The summed E-state index contributed by atoms with van der Waals surface area (Å²) in [7, 11) is 0. The number of esters is 1. The SMILES string of the molecule is C[C@@H]1CC(COC(=O)C2CCC2)OC2[C@H]1C1(C)CCC34CC35CCC(OC3CN(C6COC6)CCO3)C(C)(C)[C@@H]5CCC4C1(C)[C@H]2O. The molecule has 9 unspecified atom stereocenters. The highest BCUT2D eigenvalue weighted by Gasteiger charge is 2.84. The Morgan fingerprint density at radius 1 is 0.979 bits per heavy atom. The fraction of sp³-hybridized carbons (Fsp3) is 0.974. The van der Waals surface area contributed by atoms with E-state index < -0.39 is 6.10 Å². The van der Waals surface area contributed by atoms with Crippen molar-refractivity contribution in [2.45, 2.75) is 142 Å². The molecule has 6 aliphatic carbocycles. The lowest BCUT2D eigenvalue weighted by atomic mass is 9.41. The molecule has 0 bridgehead atoms. The molecule has 8 nitrogen and oxygen atoms in total. The monoisotopic (exact) mass is 655 g/mol. The first-order chi connectivity index (χ1) is 22.4. The highest BCUT2D eigenvalue weighted by molar-refractivity contribution is 5.73. The molecule has 3 aliphatic heterocycles. The second-order valence-corrected chi connectivity index (χ2v) is 19.0. The smallest absolute Gasteiger partial charge is 0.309 e. The van der Waals surface area contributed by atoms with Crippen LogP contribution in [-0.2, 0) is 28.5 Å². The van der Waals surface area contributed by atoms with Gasteiger partial charge in [-0.15, -0.1) is 0 Å². The molecular weight excluding hydrogens is 594 g/mol. The van der Waals surface area contributed by atoms with E-state index in [1.54, 1.807) is 0 Å². The predicted molar refractivity (Wildman–Crippen MR) is 175 cm³/mol. The van der Waals surface area contributed by atoms with Crippen molar-refractivity contribution in [3.63, 3.8) is 0 Å².